The highest BCUT2D eigenvalue weighted by Gasteiger charge is 2.33. The minimum Gasteiger partial charge on any atom is -0.385 e. The molecule has 0 amide bonds. The van der Waals surface area contributed by atoms with E-state index < -0.39 is 0 Å². The van der Waals surface area contributed by atoms with Crippen LogP contribution >= 0.6 is 11.6 Å². The summed E-state index contributed by atoms with van der Waals surface area (Å²) in [6, 6.07) is 0. The fraction of sp³-hybridized carbons (Fsp3) is 1.00. The van der Waals surface area contributed by atoms with Gasteiger partial charge < -0.3 is 14.2 Å². The highest BCUT2D eigenvalue weighted by atomic mass is 35.5. The summed E-state index contributed by atoms with van der Waals surface area (Å²) < 4.78 is 15.9. The summed E-state index contributed by atoms with van der Waals surface area (Å²) in [4.78, 5) is 0. The molecule has 1 rings (SSSR count). The SMILES string of the molecule is COCCCOCCC1(CCl)CCOC1. The molecule has 0 N–H and O–H groups in total. The van der Waals surface area contributed by atoms with E-state index in [2.05, 4.69) is 0 Å². The first-order chi connectivity index (χ1) is 7.33. The largest absolute Gasteiger partial charge is 0.385 e. The number of alkyl halides is 1. The van der Waals surface area contributed by atoms with Crippen LogP contribution in [0.3, 0.4) is 0 Å². The molecule has 1 fully saturated rings. The third-order valence-corrected chi connectivity index (χ3v) is 3.45. The third-order valence-electron chi connectivity index (χ3n) is 2.88. The first kappa shape index (κ1) is 13.2. The smallest absolute Gasteiger partial charge is 0.0535 e. The molecule has 1 unspecified atom stereocenters. The molecule has 1 aliphatic heterocycles. The van der Waals surface area contributed by atoms with Crippen LogP contribution in [0.2, 0.25) is 0 Å². The molecule has 0 spiro atoms. The molecule has 1 heterocycles. The zero-order valence-electron chi connectivity index (χ0n) is 9.47. The van der Waals surface area contributed by atoms with Gasteiger partial charge in [-0.15, -0.1) is 11.6 Å². The molecule has 0 aromatic heterocycles. The van der Waals surface area contributed by atoms with Crippen LogP contribution in [-0.2, 0) is 14.2 Å². The standard InChI is InChI=1S/C11H21ClO3/c1-13-5-2-6-14-7-3-11(9-12)4-8-15-10-11/h2-10H2,1H3. The molecular formula is C11H21ClO3. The molecule has 0 aliphatic carbocycles. The molecule has 1 saturated heterocycles. The predicted octanol–water partition coefficient (Wildman–Crippen LogP) is 2.08. The van der Waals surface area contributed by atoms with Gasteiger partial charge in [-0.3, -0.25) is 0 Å². The molecule has 90 valence electrons. The summed E-state index contributed by atoms with van der Waals surface area (Å²) >= 11 is 5.97. The summed E-state index contributed by atoms with van der Waals surface area (Å²) in [5.74, 6) is 0.675. The maximum atomic E-state index is 5.97. The van der Waals surface area contributed by atoms with Gasteiger partial charge in [0.2, 0.25) is 0 Å². The first-order valence-electron chi connectivity index (χ1n) is 5.53. The lowest BCUT2D eigenvalue weighted by Crippen LogP contribution is -2.25. The van der Waals surface area contributed by atoms with Crippen LogP contribution in [0.4, 0.5) is 0 Å². The summed E-state index contributed by atoms with van der Waals surface area (Å²) in [5.41, 5.74) is 0.169. The molecule has 0 aromatic rings. The van der Waals surface area contributed by atoms with Crippen LogP contribution in [0.1, 0.15) is 19.3 Å². The van der Waals surface area contributed by atoms with Crippen molar-refractivity contribution in [2.24, 2.45) is 5.41 Å². The zero-order chi connectivity index (χ0) is 11.0. The van der Waals surface area contributed by atoms with Gasteiger partial charge in [-0.2, -0.15) is 0 Å². The first-order valence-corrected chi connectivity index (χ1v) is 6.07. The van der Waals surface area contributed by atoms with Crippen molar-refractivity contribution >= 4 is 11.6 Å². The Kier molecular flexibility index (Phi) is 6.57. The number of hydrogen-bond acceptors (Lipinski definition) is 3. The van der Waals surface area contributed by atoms with Crippen molar-refractivity contribution in [3.05, 3.63) is 0 Å². The van der Waals surface area contributed by atoms with Gasteiger partial charge in [-0.25, -0.2) is 0 Å². The van der Waals surface area contributed by atoms with Crippen LogP contribution in [0, 0.1) is 5.41 Å². The molecule has 0 radical (unpaired) electrons. The Morgan fingerprint density at radius 2 is 2.20 bits per heavy atom. The fourth-order valence-electron chi connectivity index (χ4n) is 1.71. The number of methoxy groups -OCH3 is 1. The van der Waals surface area contributed by atoms with Gasteiger partial charge in [0.25, 0.3) is 0 Å². The van der Waals surface area contributed by atoms with Gasteiger partial charge in [0.1, 0.15) is 0 Å². The lowest BCUT2D eigenvalue weighted by Gasteiger charge is -2.23. The second kappa shape index (κ2) is 7.44. The average Bonchev–Trinajstić information content (AvgIpc) is 2.73. The second-order valence-corrected chi connectivity index (χ2v) is 4.41. The van der Waals surface area contributed by atoms with Gasteiger partial charge >= 0.3 is 0 Å². The van der Waals surface area contributed by atoms with Crippen molar-refractivity contribution in [3.63, 3.8) is 0 Å². The number of hydrogen-bond donors (Lipinski definition) is 0. The quantitative estimate of drug-likeness (QED) is 0.477. The van der Waals surface area contributed by atoms with Gasteiger partial charge in [0.05, 0.1) is 6.61 Å². The predicted molar refractivity (Wildman–Crippen MR) is 60.5 cm³/mol. The Balaban J connectivity index is 2.02. The van der Waals surface area contributed by atoms with Crippen molar-refractivity contribution in [1.29, 1.82) is 0 Å². The molecule has 1 atom stereocenters. The van der Waals surface area contributed by atoms with Crippen LogP contribution in [-0.4, -0.2) is 46.0 Å². The number of ether oxygens (including phenoxy) is 3. The van der Waals surface area contributed by atoms with Crippen molar-refractivity contribution in [1.82, 2.24) is 0 Å². The Morgan fingerprint density at radius 3 is 2.80 bits per heavy atom. The van der Waals surface area contributed by atoms with E-state index in [0.29, 0.717) is 5.88 Å². The molecule has 0 bridgehead atoms. The summed E-state index contributed by atoms with van der Waals surface area (Å²) in [7, 11) is 1.71. The number of rotatable bonds is 8. The Morgan fingerprint density at radius 1 is 1.33 bits per heavy atom. The van der Waals surface area contributed by atoms with E-state index in [1.807, 2.05) is 0 Å². The Bertz CT molecular complexity index is 158. The monoisotopic (exact) mass is 236 g/mol. The van der Waals surface area contributed by atoms with E-state index in [9.17, 15) is 0 Å². The van der Waals surface area contributed by atoms with Gasteiger partial charge in [0.15, 0.2) is 0 Å². The molecule has 15 heavy (non-hydrogen) atoms. The van der Waals surface area contributed by atoms with Crippen molar-refractivity contribution in [2.75, 3.05) is 46.0 Å². The minimum atomic E-state index is 0.169. The van der Waals surface area contributed by atoms with E-state index >= 15 is 0 Å². The Labute approximate surface area is 97.0 Å². The van der Waals surface area contributed by atoms with Crippen LogP contribution in [0.25, 0.3) is 0 Å². The molecule has 3 nitrogen and oxygen atoms in total. The van der Waals surface area contributed by atoms with Gasteiger partial charge in [-0.1, -0.05) is 0 Å². The number of halogens is 1. The molecular weight excluding hydrogens is 216 g/mol. The molecule has 0 aromatic carbocycles. The van der Waals surface area contributed by atoms with Crippen molar-refractivity contribution in [2.45, 2.75) is 19.3 Å². The van der Waals surface area contributed by atoms with Gasteiger partial charge in [-0.05, 0) is 19.3 Å². The van der Waals surface area contributed by atoms with Crippen LogP contribution < -0.4 is 0 Å². The van der Waals surface area contributed by atoms with Crippen molar-refractivity contribution in [3.8, 4) is 0 Å². The Hall–Kier alpha value is 0.170. The molecule has 4 heteroatoms. The highest BCUT2D eigenvalue weighted by molar-refractivity contribution is 6.18. The normalized spacial score (nSPS) is 26.0. The fourth-order valence-corrected chi connectivity index (χ4v) is 2.06. The lowest BCUT2D eigenvalue weighted by molar-refractivity contribution is 0.0744. The third kappa shape index (κ3) is 4.68. The molecule has 1 aliphatic rings. The van der Waals surface area contributed by atoms with Crippen LogP contribution in [0.5, 0.6) is 0 Å². The second-order valence-electron chi connectivity index (χ2n) is 4.14. The lowest BCUT2D eigenvalue weighted by atomic mass is 9.86. The zero-order valence-corrected chi connectivity index (χ0v) is 10.2. The van der Waals surface area contributed by atoms with E-state index in [-0.39, 0.29) is 5.41 Å². The average molecular weight is 237 g/mol. The molecule has 0 saturated carbocycles. The van der Waals surface area contributed by atoms with Crippen molar-refractivity contribution < 1.29 is 14.2 Å². The van der Waals surface area contributed by atoms with Crippen LogP contribution in [0.15, 0.2) is 0 Å². The van der Waals surface area contributed by atoms with E-state index in [1.54, 1.807) is 7.11 Å². The topological polar surface area (TPSA) is 27.7 Å². The van der Waals surface area contributed by atoms with Gasteiger partial charge in [0, 0.05) is 44.8 Å². The minimum absolute atomic E-state index is 0.169. The maximum absolute atomic E-state index is 5.97. The van der Waals surface area contributed by atoms with E-state index in [0.717, 1.165) is 52.3 Å². The van der Waals surface area contributed by atoms with E-state index in [4.69, 9.17) is 25.8 Å². The summed E-state index contributed by atoms with van der Waals surface area (Å²) in [6.45, 7) is 3.95. The highest BCUT2D eigenvalue weighted by Crippen LogP contribution is 2.33. The van der Waals surface area contributed by atoms with E-state index in [1.165, 1.54) is 0 Å². The summed E-state index contributed by atoms with van der Waals surface area (Å²) in [5, 5.41) is 0. The maximum Gasteiger partial charge on any atom is 0.0535 e. The summed E-state index contributed by atoms with van der Waals surface area (Å²) in [6.07, 6.45) is 3.03.